The van der Waals surface area contributed by atoms with E-state index in [1.54, 1.807) is 0 Å². The van der Waals surface area contributed by atoms with E-state index < -0.39 is 50.6 Å². The first-order valence-electron chi connectivity index (χ1n) is 11.3. The normalized spacial score (nSPS) is 14.4. The maximum atomic E-state index is 14.5. The molecule has 0 radical (unpaired) electrons. The number of alkyl halides is 6. The topological polar surface area (TPSA) is 71.5 Å². The molecule has 212 valence electrons. The summed E-state index contributed by atoms with van der Waals surface area (Å²) in [7, 11) is -14.5. The number of sulfonamides is 2. The van der Waals surface area contributed by atoms with Crippen molar-refractivity contribution in [3.05, 3.63) is 121 Å². The molecule has 40 heavy (non-hydrogen) atoms. The fourth-order valence-corrected chi connectivity index (χ4v) is 37.5. The van der Waals surface area contributed by atoms with Gasteiger partial charge in [-0.3, -0.25) is 0 Å². The third-order valence-corrected chi connectivity index (χ3v) is 34.3. The monoisotopic (exact) mass is 709 g/mol. The van der Waals surface area contributed by atoms with Crippen LogP contribution in [0.5, 0.6) is 0 Å². The number of halogens is 6. The zero-order chi connectivity index (χ0) is 29.5. The molecule has 0 heterocycles. The summed E-state index contributed by atoms with van der Waals surface area (Å²) in [6.07, 6.45) is 0. The van der Waals surface area contributed by atoms with Crippen molar-refractivity contribution in [2.24, 2.45) is 0 Å². The van der Waals surface area contributed by atoms with Crippen LogP contribution in [0, 0.1) is 0 Å². The molecule has 0 aliphatic carbocycles. The van der Waals surface area contributed by atoms with Crippen molar-refractivity contribution < 1.29 is 43.2 Å². The molecule has 5 nitrogen and oxygen atoms in total. The SMILES string of the molecule is O=S(=O)([N](S(=O)(=O)C(F)(F)F)[Sb]([c]1ccccc1)([c]1ccccc1)([c]1ccccc1)[c]1ccccc1)C(F)(F)F. The van der Waals surface area contributed by atoms with Crippen molar-refractivity contribution in [1.82, 2.24) is 1.87 Å². The third kappa shape index (κ3) is 4.17. The van der Waals surface area contributed by atoms with Gasteiger partial charge in [0, 0.05) is 0 Å². The molecular weight excluding hydrogens is 690 g/mol. The first-order chi connectivity index (χ1) is 18.6. The molecule has 4 rings (SSSR count). The number of hydrogen-bond acceptors (Lipinski definition) is 4. The molecule has 14 heteroatoms. The minimum absolute atomic E-state index is 0.320. The second kappa shape index (κ2) is 10.2. The van der Waals surface area contributed by atoms with Gasteiger partial charge in [-0.15, -0.1) is 0 Å². The van der Waals surface area contributed by atoms with Crippen molar-refractivity contribution in [3.63, 3.8) is 0 Å². The van der Waals surface area contributed by atoms with E-state index in [0.29, 0.717) is 0 Å². The standard InChI is InChI=1S/4C6H5.C2F6NO4S2.Sb/c4*1-2-4-6-5-3-1;3-1(4,5)14(10,11)9-15(12,13)2(6,7)8;/h4*1-5H;;/q;;;;-1;+1. The Labute approximate surface area is 228 Å². The molecule has 4 aromatic carbocycles. The molecule has 0 atom stereocenters. The molecule has 0 unspecified atom stereocenters. The Morgan fingerprint density at radius 1 is 0.425 bits per heavy atom. The molecule has 4 aromatic rings. The Morgan fingerprint density at radius 2 is 0.625 bits per heavy atom. The number of hydrogen-bond donors (Lipinski definition) is 0. The second-order valence-corrected chi connectivity index (χ2v) is 27.0. The first kappa shape index (κ1) is 30.1. The average Bonchev–Trinajstić information content (AvgIpc) is 2.92. The summed E-state index contributed by atoms with van der Waals surface area (Å²) < 4.78 is 139. The predicted octanol–water partition coefficient (Wildman–Crippen LogP) is 3.52. The quantitative estimate of drug-likeness (QED) is 0.218. The Balaban J connectivity index is 2.57. The zero-order valence-electron chi connectivity index (χ0n) is 20.2. The van der Waals surface area contributed by atoms with E-state index in [2.05, 4.69) is 0 Å². The Bertz CT molecular complexity index is 1490. The second-order valence-electron chi connectivity index (χ2n) is 8.49. The molecule has 0 aliphatic rings. The Morgan fingerprint density at radius 3 is 0.800 bits per heavy atom. The van der Waals surface area contributed by atoms with E-state index >= 15 is 0 Å². The summed E-state index contributed by atoms with van der Waals surface area (Å²) in [5.74, 6) is 0. The summed E-state index contributed by atoms with van der Waals surface area (Å²) in [6.45, 7) is 0. The Kier molecular flexibility index (Phi) is 7.68. The van der Waals surface area contributed by atoms with Crippen LogP contribution in [0.25, 0.3) is 0 Å². The van der Waals surface area contributed by atoms with Crippen LogP contribution in [0.15, 0.2) is 121 Å². The van der Waals surface area contributed by atoms with Gasteiger partial charge in [0.05, 0.1) is 0 Å². The average molecular weight is 710 g/mol. The van der Waals surface area contributed by atoms with Crippen LogP contribution < -0.4 is 14.0 Å². The van der Waals surface area contributed by atoms with Gasteiger partial charge in [-0.05, 0) is 0 Å². The fourth-order valence-electron chi connectivity index (χ4n) is 4.88. The van der Waals surface area contributed by atoms with E-state index in [1.165, 1.54) is 121 Å². The van der Waals surface area contributed by atoms with Gasteiger partial charge < -0.3 is 0 Å². The Hall–Kier alpha value is -2.86. The van der Waals surface area contributed by atoms with E-state index in [9.17, 15) is 43.2 Å². The van der Waals surface area contributed by atoms with Gasteiger partial charge in [0.1, 0.15) is 0 Å². The maximum absolute atomic E-state index is 14.5. The van der Waals surface area contributed by atoms with Crippen molar-refractivity contribution in [1.29, 1.82) is 0 Å². The van der Waals surface area contributed by atoms with Crippen LogP contribution in [0.4, 0.5) is 26.3 Å². The first-order valence-corrected chi connectivity index (χ1v) is 20.4. The summed E-state index contributed by atoms with van der Waals surface area (Å²) in [5.41, 5.74) is -12.9. The molecule has 0 aromatic heterocycles. The van der Waals surface area contributed by atoms with Crippen LogP contribution in [0.1, 0.15) is 0 Å². The molecule has 0 aliphatic heterocycles. The van der Waals surface area contributed by atoms with E-state index in [0.717, 1.165) is 0 Å². The minimum atomic E-state index is -7.63. The van der Waals surface area contributed by atoms with Gasteiger partial charge in [0.15, 0.2) is 0 Å². The van der Waals surface area contributed by atoms with Gasteiger partial charge >= 0.3 is 229 Å². The van der Waals surface area contributed by atoms with Crippen LogP contribution in [0.3, 0.4) is 0 Å². The van der Waals surface area contributed by atoms with Gasteiger partial charge in [-0.2, -0.15) is 0 Å². The van der Waals surface area contributed by atoms with Crippen molar-refractivity contribution in [2.45, 2.75) is 11.0 Å². The molecule has 0 spiro atoms. The van der Waals surface area contributed by atoms with E-state index in [1.807, 2.05) is 0 Å². The summed E-state index contributed by atoms with van der Waals surface area (Å²) >= 11 is -7.63. The molecule has 0 fully saturated rings. The number of benzene rings is 4. The van der Waals surface area contributed by atoms with E-state index in [-0.39, 0.29) is 14.0 Å². The van der Waals surface area contributed by atoms with Crippen LogP contribution in [-0.2, 0) is 20.0 Å². The van der Waals surface area contributed by atoms with Gasteiger partial charge in [0.2, 0.25) is 0 Å². The molecule has 0 saturated carbocycles. The summed E-state index contributed by atoms with van der Waals surface area (Å²) in [5, 5.41) is 0. The van der Waals surface area contributed by atoms with Crippen LogP contribution >= 0.6 is 0 Å². The predicted molar refractivity (Wildman–Crippen MR) is 142 cm³/mol. The molecular formula is C26H20F6NO4S2Sb. The fraction of sp³-hybridized carbons (Fsp3) is 0.0769. The summed E-state index contributed by atoms with van der Waals surface area (Å²) in [4.78, 5) is 0. The van der Waals surface area contributed by atoms with E-state index in [4.69, 9.17) is 0 Å². The summed E-state index contributed by atoms with van der Waals surface area (Å²) in [6, 6.07) is 25.4. The van der Waals surface area contributed by atoms with Crippen molar-refractivity contribution >= 4 is 51.8 Å². The van der Waals surface area contributed by atoms with Crippen molar-refractivity contribution in [3.8, 4) is 0 Å². The third-order valence-electron chi connectivity index (χ3n) is 6.36. The van der Waals surface area contributed by atoms with Crippen molar-refractivity contribution in [2.75, 3.05) is 0 Å². The van der Waals surface area contributed by atoms with Crippen LogP contribution in [-0.4, -0.2) is 47.4 Å². The molecule has 0 saturated heterocycles. The zero-order valence-corrected chi connectivity index (χ0v) is 24.3. The number of nitrogens with zero attached hydrogens (tertiary/aromatic N) is 1. The number of rotatable bonds is 7. The van der Waals surface area contributed by atoms with Gasteiger partial charge in [-0.25, -0.2) is 0 Å². The van der Waals surface area contributed by atoms with Gasteiger partial charge in [-0.1, -0.05) is 0 Å². The van der Waals surface area contributed by atoms with Crippen LogP contribution in [0.2, 0.25) is 0 Å². The molecule has 0 amide bonds. The van der Waals surface area contributed by atoms with Gasteiger partial charge in [0.25, 0.3) is 0 Å². The molecule has 0 bridgehead atoms. The molecule has 0 N–H and O–H groups in total.